The molecule has 2 heterocycles. The van der Waals surface area contributed by atoms with Gasteiger partial charge in [-0.3, -0.25) is 14.9 Å². The van der Waals surface area contributed by atoms with Gasteiger partial charge in [0.2, 0.25) is 0 Å². The first-order valence-corrected chi connectivity index (χ1v) is 9.41. The number of amides is 1. The van der Waals surface area contributed by atoms with Gasteiger partial charge >= 0.3 is 0 Å². The van der Waals surface area contributed by atoms with Gasteiger partial charge in [-0.15, -0.1) is 24.8 Å². The quantitative estimate of drug-likeness (QED) is 0.548. The standard InChI is InChI=1S/C19H23N5O3.2ClH/c25-19(22-8-5-16(6-9-22)21-12-14-1-2-14)15-3-4-17(18(11-15)24(26)27)23-10-7-20-13-23;;/h3-4,7,10-11,13-14,16,21H,1-2,5-6,8-9,12H2;2*1H. The topological polar surface area (TPSA) is 93.3 Å². The van der Waals surface area contributed by atoms with Crippen LogP contribution < -0.4 is 5.32 Å². The largest absolute Gasteiger partial charge is 0.339 e. The van der Waals surface area contributed by atoms with Crippen LogP contribution in [0.1, 0.15) is 36.0 Å². The number of rotatable bonds is 6. The van der Waals surface area contributed by atoms with Gasteiger partial charge in [-0.05, 0) is 50.3 Å². The molecule has 8 nitrogen and oxygen atoms in total. The monoisotopic (exact) mass is 441 g/mol. The number of piperidine rings is 1. The number of imidazole rings is 1. The van der Waals surface area contributed by atoms with Crippen LogP contribution in [0.5, 0.6) is 0 Å². The lowest BCUT2D eigenvalue weighted by Crippen LogP contribution is -2.45. The molecule has 1 aromatic carbocycles. The summed E-state index contributed by atoms with van der Waals surface area (Å²) in [5.74, 6) is 0.704. The molecule has 2 fully saturated rings. The highest BCUT2D eigenvalue weighted by Crippen LogP contribution is 2.28. The highest BCUT2D eigenvalue weighted by Gasteiger charge is 2.27. The minimum Gasteiger partial charge on any atom is -0.339 e. The Morgan fingerprint density at radius 2 is 1.93 bits per heavy atom. The van der Waals surface area contributed by atoms with Crippen molar-refractivity contribution in [2.45, 2.75) is 31.7 Å². The Bertz CT molecular complexity index is 834. The molecule has 1 amide bonds. The zero-order valence-corrected chi connectivity index (χ0v) is 17.5. The molecule has 0 radical (unpaired) electrons. The van der Waals surface area contributed by atoms with Crippen molar-refractivity contribution < 1.29 is 9.72 Å². The third-order valence-electron chi connectivity index (χ3n) is 5.38. The Labute approximate surface area is 181 Å². The average Bonchev–Trinajstić information content (AvgIpc) is 3.37. The summed E-state index contributed by atoms with van der Waals surface area (Å²) < 4.78 is 1.57. The molecular weight excluding hydrogens is 417 g/mol. The maximum atomic E-state index is 12.8. The third kappa shape index (κ3) is 5.46. The SMILES string of the molecule is Cl.Cl.O=C(c1ccc(-n2ccnc2)c([N+](=O)[O-])c1)N1CCC(NCC2CC2)CC1. The predicted molar refractivity (Wildman–Crippen MR) is 114 cm³/mol. The first-order valence-electron chi connectivity index (χ1n) is 9.41. The van der Waals surface area contributed by atoms with Crippen molar-refractivity contribution >= 4 is 36.4 Å². The van der Waals surface area contributed by atoms with Gasteiger partial charge in [-0.25, -0.2) is 4.98 Å². The number of hydrogen-bond acceptors (Lipinski definition) is 5. The van der Waals surface area contributed by atoms with E-state index in [0.29, 0.717) is 30.4 Å². The van der Waals surface area contributed by atoms with Crippen LogP contribution in [0, 0.1) is 16.0 Å². The van der Waals surface area contributed by atoms with Crippen molar-refractivity contribution in [3.8, 4) is 5.69 Å². The molecule has 1 aliphatic heterocycles. The molecule has 1 saturated heterocycles. The Morgan fingerprint density at radius 1 is 1.21 bits per heavy atom. The van der Waals surface area contributed by atoms with Gasteiger partial charge in [0.25, 0.3) is 11.6 Å². The molecule has 0 unspecified atom stereocenters. The van der Waals surface area contributed by atoms with E-state index in [4.69, 9.17) is 0 Å². The molecule has 2 aromatic rings. The molecule has 1 saturated carbocycles. The Balaban J connectivity index is 0.00000150. The molecule has 1 aromatic heterocycles. The smallest absolute Gasteiger partial charge is 0.294 e. The highest BCUT2D eigenvalue weighted by molar-refractivity contribution is 5.95. The van der Waals surface area contributed by atoms with E-state index in [-0.39, 0.29) is 36.4 Å². The number of benzene rings is 1. The first-order chi connectivity index (χ1) is 13.1. The van der Waals surface area contributed by atoms with Crippen LogP contribution >= 0.6 is 24.8 Å². The van der Waals surface area contributed by atoms with E-state index >= 15 is 0 Å². The van der Waals surface area contributed by atoms with Crippen molar-refractivity contribution in [1.29, 1.82) is 0 Å². The average molecular weight is 442 g/mol. The molecular formula is C19H25Cl2N5O3. The number of halogens is 2. The van der Waals surface area contributed by atoms with Crippen LogP contribution in [0.3, 0.4) is 0 Å². The number of likely N-dealkylation sites (tertiary alicyclic amines) is 1. The van der Waals surface area contributed by atoms with Crippen LogP contribution in [0.25, 0.3) is 5.69 Å². The number of nitro benzene ring substituents is 1. The Morgan fingerprint density at radius 3 is 2.52 bits per heavy atom. The maximum Gasteiger partial charge on any atom is 0.294 e. The van der Waals surface area contributed by atoms with E-state index in [1.807, 2.05) is 0 Å². The minimum atomic E-state index is -0.458. The number of carbonyl (C=O) groups excluding carboxylic acids is 1. The van der Waals surface area contributed by atoms with Gasteiger partial charge in [0.05, 0.1) is 11.3 Å². The summed E-state index contributed by atoms with van der Waals surface area (Å²) in [6.07, 6.45) is 9.22. The summed E-state index contributed by atoms with van der Waals surface area (Å²) in [6.45, 7) is 2.44. The van der Waals surface area contributed by atoms with Gasteiger partial charge in [0.1, 0.15) is 5.69 Å². The lowest BCUT2D eigenvalue weighted by molar-refractivity contribution is -0.384. The summed E-state index contributed by atoms with van der Waals surface area (Å²) in [6, 6.07) is 5.10. The summed E-state index contributed by atoms with van der Waals surface area (Å²) in [5.41, 5.74) is 0.659. The number of nitro groups is 1. The minimum absolute atomic E-state index is 0. The molecule has 10 heteroatoms. The second-order valence-electron chi connectivity index (χ2n) is 7.35. The number of nitrogens with one attached hydrogen (secondary N) is 1. The van der Waals surface area contributed by atoms with E-state index in [2.05, 4.69) is 10.3 Å². The van der Waals surface area contributed by atoms with Gasteiger partial charge in [0, 0.05) is 43.2 Å². The lowest BCUT2D eigenvalue weighted by Gasteiger charge is -2.32. The van der Waals surface area contributed by atoms with E-state index in [1.165, 1.54) is 25.2 Å². The molecule has 1 aliphatic carbocycles. The summed E-state index contributed by atoms with van der Waals surface area (Å²) >= 11 is 0. The molecule has 1 N–H and O–H groups in total. The van der Waals surface area contributed by atoms with E-state index in [1.54, 1.807) is 34.0 Å². The number of hydrogen-bond donors (Lipinski definition) is 1. The van der Waals surface area contributed by atoms with Crippen LogP contribution in [0.4, 0.5) is 5.69 Å². The lowest BCUT2D eigenvalue weighted by atomic mass is 10.0. The number of nitrogens with zero attached hydrogens (tertiary/aromatic N) is 4. The number of carbonyl (C=O) groups is 1. The second-order valence-corrected chi connectivity index (χ2v) is 7.35. The highest BCUT2D eigenvalue weighted by atomic mass is 35.5. The van der Waals surface area contributed by atoms with Crippen molar-refractivity contribution in [3.05, 3.63) is 52.6 Å². The van der Waals surface area contributed by atoms with E-state index < -0.39 is 4.92 Å². The van der Waals surface area contributed by atoms with Crippen LogP contribution in [0.2, 0.25) is 0 Å². The molecule has 2 aliphatic rings. The third-order valence-corrected chi connectivity index (χ3v) is 5.38. The molecule has 29 heavy (non-hydrogen) atoms. The molecule has 158 valence electrons. The van der Waals surface area contributed by atoms with Crippen LogP contribution in [0.15, 0.2) is 36.9 Å². The predicted octanol–water partition coefficient (Wildman–Crippen LogP) is 3.23. The molecule has 0 spiro atoms. The number of aromatic nitrogens is 2. The first kappa shape index (κ1) is 23.1. The fourth-order valence-corrected chi connectivity index (χ4v) is 3.55. The van der Waals surface area contributed by atoms with Gasteiger partial charge in [-0.1, -0.05) is 0 Å². The Kier molecular flexibility index (Phi) is 8.01. The van der Waals surface area contributed by atoms with Gasteiger partial charge in [0.15, 0.2) is 0 Å². The molecule has 0 atom stereocenters. The fourth-order valence-electron chi connectivity index (χ4n) is 3.55. The van der Waals surface area contributed by atoms with Gasteiger partial charge < -0.3 is 14.8 Å². The van der Waals surface area contributed by atoms with Gasteiger partial charge in [-0.2, -0.15) is 0 Å². The van der Waals surface area contributed by atoms with Crippen molar-refractivity contribution in [2.24, 2.45) is 5.92 Å². The Hall–Kier alpha value is -2.16. The summed E-state index contributed by atoms with van der Waals surface area (Å²) in [4.78, 5) is 29.6. The molecule has 4 rings (SSSR count). The fraction of sp³-hybridized carbons (Fsp3) is 0.474. The van der Waals surface area contributed by atoms with Crippen molar-refractivity contribution in [2.75, 3.05) is 19.6 Å². The summed E-state index contributed by atoms with van der Waals surface area (Å²) in [7, 11) is 0. The van der Waals surface area contributed by atoms with E-state index in [0.717, 1.165) is 25.3 Å². The van der Waals surface area contributed by atoms with Crippen molar-refractivity contribution in [1.82, 2.24) is 19.8 Å². The van der Waals surface area contributed by atoms with Crippen molar-refractivity contribution in [3.63, 3.8) is 0 Å². The zero-order valence-electron chi connectivity index (χ0n) is 15.9. The molecule has 0 bridgehead atoms. The second kappa shape index (κ2) is 10.0. The van der Waals surface area contributed by atoms with E-state index in [9.17, 15) is 14.9 Å². The normalized spacial score (nSPS) is 16.6. The van der Waals surface area contributed by atoms with Crippen LogP contribution in [-0.2, 0) is 0 Å². The van der Waals surface area contributed by atoms with Crippen LogP contribution in [-0.4, -0.2) is 51.0 Å². The summed E-state index contributed by atoms with van der Waals surface area (Å²) in [5, 5.41) is 15.1. The maximum absolute atomic E-state index is 12.8. The zero-order chi connectivity index (χ0) is 18.8.